The molecule has 0 fully saturated rings. The molecule has 0 nitrogen and oxygen atoms in total. The number of hydrogen-bond acceptors (Lipinski definition) is 0. The van der Waals surface area contributed by atoms with Crippen LogP contribution >= 0.6 is 15.9 Å². The van der Waals surface area contributed by atoms with Gasteiger partial charge < -0.3 is 0 Å². The number of halogens is 1. The Balaban J connectivity index is 1.85. The Morgan fingerprint density at radius 1 is 0.590 bits per heavy atom. The molecule has 0 aliphatic carbocycles. The van der Waals surface area contributed by atoms with Crippen molar-refractivity contribution in [3.8, 4) is 11.1 Å². The van der Waals surface area contributed by atoms with Crippen LogP contribution in [0.5, 0.6) is 0 Å². The molecule has 1 heterocycles. The van der Waals surface area contributed by atoms with Gasteiger partial charge in [-0.2, -0.15) is 0 Å². The van der Waals surface area contributed by atoms with Gasteiger partial charge in [-0.05, 0) is 93.6 Å². The monoisotopic (exact) mass is 572 g/mol. The summed E-state index contributed by atoms with van der Waals surface area (Å²) in [6.07, 6.45) is 0. The van der Waals surface area contributed by atoms with Crippen LogP contribution in [0, 0.1) is 20.8 Å². The molecule has 5 aromatic carbocycles. The first-order chi connectivity index (χ1) is 18.2. The average molecular weight is 573 g/mol. The van der Waals surface area contributed by atoms with Crippen LogP contribution in [0.25, 0.3) is 32.7 Å². The van der Waals surface area contributed by atoms with Gasteiger partial charge in [-0.1, -0.05) is 139 Å². The topological polar surface area (TPSA) is 0 Å². The predicted octanol–water partition coefficient (Wildman–Crippen LogP) is 8.77. The number of rotatable bonds is 1. The molecule has 0 bridgehead atoms. The molecule has 5 aromatic rings. The lowest BCUT2D eigenvalue weighted by Crippen LogP contribution is -2.57. The SMILES string of the molecule is Cc1cc(C)c(B2c3cc(C(C)(C)C)ccc3-c3cc4ccc(Br)cc4c4cc(C(C)(C)C)cc2c34)c(C)c1. The highest BCUT2D eigenvalue weighted by Crippen LogP contribution is 2.40. The van der Waals surface area contributed by atoms with Crippen LogP contribution in [-0.4, -0.2) is 6.71 Å². The fraction of sp³-hybridized carbons (Fsp3) is 0.297. The molecule has 0 radical (unpaired) electrons. The second kappa shape index (κ2) is 8.83. The predicted molar refractivity (Wildman–Crippen MR) is 177 cm³/mol. The van der Waals surface area contributed by atoms with Crippen LogP contribution in [0.1, 0.15) is 69.4 Å². The molecule has 0 saturated heterocycles. The maximum atomic E-state index is 3.77. The van der Waals surface area contributed by atoms with Crippen molar-refractivity contribution in [3.05, 3.63) is 99.0 Å². The molecule has 0 atom stereocenters. The first kappa shape index (κ1) is 26.4. The van der Waals surface area contributed by atoms with Crippen LogP contribution in [0.2, 0.25) is 0 Å². The van der Waals surface area contributed by atoms with E-state index in [4.69, 9.17) is 0 Å². The molecule has 1 aliphatic rings. The molecule has 39 heavy (non-hydrogen) atoms. The van der Waals surface area contributed by atoms with Crippen molar-refractivity contribution in [1.29, 1.82) is 0 Å². The van der Waals surface area contributed by atoms with Gasteiger partial charge in [0.15, 0.2) is 0 Å². The van der Waals surface area contributed by atoms with E-state index in [0.29, 0.717) is 0 Å². The lowest BCUT2D eigenvalue weighted by Gasteiger charge is -2.33. The normalized spacial score (nSPS) is 13.3. The van der Waals surface area contributed by atoms with Crippen molar-refractivity contribution < 1.29 is 0 Å². The third-order valence-electron chi connectivity index (χ3n) is 8.77. The Hall–Kier alpha value is -2.84. The van der Waals surface area contributed by atoms with Crippen molar-refractivity contribution in [1.82, 2.24) is 0 Å². The Kier molecular flexibility index (Phi) is 5.98. The third-order valence-corrected chi connectivity index (χ3v) is 9.26. The van der Waals surface area contributed by atoms with Crippen molar-refractivity contribution >= 4 is 60.6 Å². The minimum absolute atomic E-state index is 0.0362. The molecule has 6 rings (SSSR count). The minimum atomic E-state index is 0.0362. The third kappa shape index (κ3) is 4.27. The van der Waals surface area contributed by atoms with Gasteiger partial charge in [-0.25, -0.2) is 0 Å². The molecule has 2 heteroatoms. The zero-order valence-electron chi connectivity index (χ0n) is 24.8. The molecule has 0 spiro atoms. The van der Waals surface area contributed by atoms with E-state index in [-0.39, 0.29) is 17.5 Å². The Morgan fingerprint density at radius 2 is 1.23 bits per heavy atom. The molecule has 0 saturated carbocycles. The van der Waals surface area contributed by atoms with E-state index in [0.717, 1.165) is 4.47 Å². The Bertz CT molecular complexity index is 1790. The van der Waals surface area contributed by atoms with E-state index in [9.17, 15) is 0 Å². The fourth-order valence-electron chi connectivity index (χ4n) is 6.80. The van der Waals surface area contributed by atoms with E-state index in [1.165, 1.54) is 76.9 Å². The molecule has 0 unspecified atom stereocenters. The lowest BCUT2D eigenvalue weighted by molar-refractivity contribution is 0.591. The molecular weight excluding hydrogens is 535 g/mol. The van der Waals surface area contributed by atoms with Gasteiger partial charge in [-0.15, -0.1) is 0 Å². The Labute approximate surface area is 243 Å². The van der Waals surface area contributed by atoms with Crippen LogP contribution < -0.4 is 16.4 Å². The van der Waals surface area contributed by atoms with Crippen molar-refractivity contribution in [2.24, 2.45) is 0 Å². The van der Waals surface area contributed by atoms with Crippen molar-refractivity contribution in [3.63, 3.8) is 0 Å². The molecule has 0 N–H and O–H groups in total. The molecular formula is C37H38BBr. The van der Waals surface area contributed by atoms with E-state index in [1.807, 2.05) is 0 Å². The highest BCUT2D eigenvalue weighted by molar-refractivity contribution is 9.10. The Morgan fingerprint density at radius 3 is 1.87 bits per heavy atom. The first-order valence-corrected chi connectivity index (χ1v) is 15.0. The van der Waals surface area contributed by atoms with Crippen LogP contribution in [0.4, 0.5) is 0 Å². The maximum Gasteiger partial charge on any atom is 0.243 e. The summed E-state index contributed by atoms with van der Waals surface area (Å²) in [6.45, 7) is 21.0. The number of aryl methyl sites for hydroxylation is 3. The van der Waals surface area contributed by atoms with E-state index in [2.05, 4.69) is 145 Å². The summed E-state index contributed by atoms with van der Waals surface area (Å²) >= 11 is 3.77. The van der Waals surface area contributed by atoms with Crippen LogP contribution in [0.3, 0.4) is 0 Å². The van der Waals surface area contributed by atoms with Crippen molar-refractivity contribution in [2.75, 3.05) is 0 Å². The molecule has 0 amide bonds. The summed E-state index contributed by atoms with van der Waals surface area (Å²) in [6, 6.07) is 26.2. The highest BCUT2D eigenvalue weighted by atomic mass is 79.9. The second-order valence-electron chi connectivity index (χ2n) is 13.8. The number of hydrogen-bond donors (Lipinski definition) is 0. The summed E-state index contributed by atoms with van der Waals surface area (Å²) < 4.78 is 1.13. The molecule has 196 valence electrons. The second-order valence-corrected chi connectivity index (χ2v) is 14.7. The van der Waals surface area contributed by atoms with Gasteiger partial charge in [0.25, 0.3) is 0 Å². The standard InChI is InChI=1S/C37H38BBr/c1-21-14-22(2)35(23(3)15-21)38-32-18-25(36(4,5)6)11-13-28(32)30-16-24-10-12-27(39)20-29(24)31-17-26(37(7,8)9)19-33(38)34(30)31/h10-20H,1-9H3. The van der Waals surface area contributed by atoms with Crippen LogP contribution in [0.15, 0.2) is 71.2 Å². The quantitative estimate of drug-likeness (QED) is 0.136. The number of fused-ring (bicyclic) bond motifs is 4. The number of benzene rings is 5. The van der Waals surface area contributed by atoms with Crippen molar-refractivity contribution in [2.45, 2.75) is 73.1 Å². The van der Waals surface area contributed by atoms with Gasteiger partial charge in [-0.3, -0.25) is 0 Å². The summed E-state index contributed by atoms with van der Waals surface area (Å²) in [5, 5.41) is 5.39. The van der Waals surface area contributed by atoms with E-state index < -0.39 is 0 Å². The zero-order valence-corrected chi connectivity index (χ0v) is 26.4. The first-order valence-electron chi connectivity index (χ1n) is 14.2. The van der Waals surface area contributed by atoms with Gasteiger partial charge in [0.2, 0.25) is 6.71 Å². The van der Waals surface area contributed by atoms with Gasteiger partial charge in [0, 0.05) is 4.47 Å². The minimum Gasteiger partial charge on any atom is -0.0629 e. The summed E-state index contributed by atoms with van der Waals surface area (Å²) in [5.41, 5.74) is 14.1. The summed E-state index contributed by atoms with van der Waals surface area (Å²) in [5.74, 6) is 0. The highest BCUT2D eigenvalue weighted by Gasteiger charge is 2.36. The van der Waals surface area contributed by atoms with E-state index in [1.54, 1.807) is 0 Å². The van der Waals surface area contributed by atoms with E-state index >= 15 is 0 Å². The van der Waals surface area contributed by atoms with Gasteiger partial charge in [0.1, 0.15) is 0 Å². The fourth-order valence-corrected chi connectivity index (χ4v) is 7.17. The van der Waals surface area contributed by atoms with Crippen LogP contribution in [-0.2, 0) is 10.8 Å². The zero-order chi connectivity index (χ0) is 28.0. The van der Waals surface area contributed by atoms with Gasteiger partial charge in [0.05, 0.1) is 0 Å². The molecule has 0 aromatic heterocycles. The smallest absolute Gasteiger partial charge is 0.0629 e. The molecule has 1 aliphatic heterocycles. The maximum absolute atomic E-state index is 3.77. The summed E-state index contributed by atoms with van der Waals surface area (Å²) in [4.78, 5) is 0. The average Bonchev–Trinajstić information content (AvgIpc) is 2.83. The summed E-state index contributed by atoms with van der Waals surface area (Å²) in [7, 11) is 0. The lowest BCUT2D eigenvalue weighted by atomic mass is 9.32. The largest absolute Gasteiger partial charge is 0.243 e. The van der Waals surface area contributed by atoms with Gasteiger partial charge >= 0.3 is 0 Å².